The zero-order chi connectivity index (χ0) is 55.5. The van der Waals surface area contributed by atoms with E-state index in [0.29, 0.717) is 43.8 Å². The van der Waals surface area contributed by atoms with E-state index in [1.54, 1.807) is 29.2 Å². The number of nitrogens with one attached hydrogen (secondary N) is 2. The van der Waals surface area contributed by atoms with E-state index in [4.69, 9.17) is 30.5 Å². The van der Waals surface area contributed by atoms with Crippen molar-refractivity contribution >= 4 is 45.9 Å². The van der Waals surface area contributed by atoms with Crippen LogP contribution in [-0.2, 0) is 33.9 Å². The molecule has 9 rings (SSSR count). The molecule has 0 bridgehead atoms. The molecular formula is C55H67FN16O7. The summed E-state index contributed by atoms with van der Waals surface area (Å²) in [6.45, 7) is 7.91. The summed E-state index contributed by atoms with van der Waals surface area (Å²) in [7, 11) is 2.14. The molecule has 2 aliphatic heterocycles. The van der Waals surface area contributed by atoms with Crippen molar-refractivity contribution in [2.24, 2.45) is 10.2 Å². The van der Waals surface area contributed by atoms with E-state index in [1.807, 2.05) is 24.4 Å². The van der Waals surface area contributed by atoms with Crippen LogP contribution in [0.15, 0.2) is 95.4 Å². The Bertz CT molecular complexity index is 3140. The quantitative estimate of drug-likeness (QED) is 0.0152. The lowest BCUT2D eigenvalue weighted by Gasteiger charge is -2.36. The molecule has 1 atom stereocenters. The Balaban J connectivity index is 0.000000210. The number of hydrogen-bond acceptors (Lipinski definition) is 14. The van der Waals surface area contributed by atoms with Gasteiger partial charge in [-0.15, -0.1) is 0 Å². The van der Waals surface area contributed by atoms with Crippen LogP contribution in [0, 0.1) is 5.82 Å². The molecular weight excluding hydrogens is 1020 g/mol. The van der Waals surface area contributed by atoms with Crippen molar-refractivity contribution in [1.82, 2.24) is 44.3 Å². The van der Waals surface area contributed by atoms with E-state index in [2.05, 4.69) is 74.7 Å². The lowest BCUT2D eigenvalue weighted by Crippen LogP contribution is -2.52. The number of Topliss-reactive ketones (excluding diaryl/α,β-unsaturated/α-hetero) is 1. The lowest BCUT2D eigenvalue weighted by atomic mass is 9.91. The third-order valence-corrected chi connectivity index (χ3v) is 14.4. The van der Waals surface area contributed by atoms with Gasteiger partial charge in [-0.25, -0.2) is 9.37 Å². The zero-order valence-electron chi connectivity index (χ0n) is 44.5. The number of ketones is 1. The van der Waals surface area contributed by atoms with Gasteiger partial charge in [-0.1, -0.05) is 40.6 Å². The summed E-state index contributed by atoms with van der Waals surface area (Å²) in [6, 6.07) is 22.1. The van der Waals surface area contributed by atoms with Gasteiger partial charge in [0.15, 0.2) is 0 Å². The number of fused-ring (bicyclic) bond motifs is 3. The third kappa shape index (κ3) is 14.5. The smallest absolute Gasteiger partial charge is 0.295 e. The minimum absolute atomic E-state index is 0.00635. The Morgan fingerprint density at radius 1 is 0.886 bits per heavy atom. The molecule has 1 aliphatic carbocycles. The molecule has 0 radical (unpaired) electrons. The van der Waals surface area contributed by atoms with Crippen LogP contribution in [0.25, 0.3) is 37.4 Å². The van der Waals surface area contributed by atoms with Crippen molar-refractivity contribution < 1.29 is 38.1 Å². The molecule has 0 unspecified atom stereocenters. The molecule has 0 saturated carbocycles. The summed E-state index contributed by atoms with van der Waals surface area (Å²) in [6.07, 6.45) is 8.34. The lowest BCUT2D eigenvalue weighted by molar-refractivity contribution is -0.127. The van der Waals surface area contributed by atoms with Gasteiger partial charge < -0.3 is 39.6 Å². The highest BCUT2D eigenvalue weighted by atomic mass is 19.1. The van der Waals surface area contributed by atoms with Gasteiger partial charge in [0.2, 0.25) is 5.91 Å². The molecule has 4 aromatic heterocycles. The number of aryl methyl sites for hydroxylation is 1. The summed E-state index contributed by atoms with van der Waals surface area (Å²) in [5, 5.41) is 20.3. The van der Waals surface area contributed by atoms with Crippen molar-refractivity contribution in [3.05, 3.63) is 146 Å². The third-order valence-electron chi connectivity index (χ3n) is 14.4. The fourth-order valence-electron chi connectivity index (χ4n) is 10.3. The fraction of sp³-hybridized carbons (Fsp3) is 0.455. The number of nitrogens with zero attached hydrogens (tertiary/aromatic N) is 14. The predicted molar refractivity (Wildman–Crippen MR) is 294 cm³/mol. The van der Waals surface area contributed by atoms with Crippen LogP contribution >= 0.6 is 0 Å². The number of aromatic amines is 1. The monoisotopic (exact) mass is 1080 g/mol. The van der Waals surface area contributed by atoms with Crippen LogP contribution in [0.3, 0.4) is 0 Å². The number of aromatic nitrogens is 4. The number of H-pyrrole nitrogens is 1. The van der Waals surface area contributed by atoms with E-state index in [0.717, 1.165) is 81.3 Å². The number of carbonyl (C=O) groups is 4. The number of pyridine rings is 2. The zero-order valence-corrected chi connectivity index (χ0v) is 44.5. The number of ether oxygens (including phenoxy) is 2. The highest BCUT2D eigenvalue weighted by Gasteiger charge is 2.32. The van der Waals surface area contributed by atoms with E-state index in [-0.39, 0.29) is 93.5 Å². The van der Waals surface area contributed by atoms with Gasteiger partial charge in [-0.05, 0) is 105 Å². The van der Waals surface area contributed by atoms with Gasteiger partial charge in [0.05, 0.1) is 59.4 Å². The van der Waals surface area contributed by atoms with Gasteiger partial charge >= 0.3 is 0 Å². The summed E-state index contributed by atoms with van der Waals surface area (Å²) < 4.78 is 27.8. The Labute approximate surface area is 456 Å². The number of hydrogen-bond donors (Lipinski definition) is 3. The fourth-order valence-corrected chi connectivity index (χ4v) is 10.3. The summed E-state index contributed by atoms with van der Waals surface area (Å²) >= 11 is 0. The number of amides is 3. The van der Waals surface area contributed by atoms with Gasteiger partial charge in [-0.2, -0.15) is 0 Å². The molecule has 0 spiro atoms. The van der Waals surface area contributed by atoms with Crippen molar-refractivity contribution in [1.29, 1.82) is 0 Å². The minimum atomic E-state index is -0.841. The largest absolute Gasteiger partial charge is 0.489 e. The molecule has 3 N–H and O–H groups in total. The van der Waals surface area contributed by atoms with Gasteiger partial charge in [0, 0.05) is 113 Å². The Hall–Kier alpha value is -8.11. The number of rotatable bonds is 23. The summed E-state index contributed by atoms with van der Waals surface area (Å²) in [4.78, 5) is 78.6. The first-order valence-electron chi connectivity index (χ1n) is 26.8. The molecule has 6 heterocycles. The van der Waals surface area contributed by atoms with Gasteiger partial charge in [-0.3, -0.25) is 38.4 Å². The summed E-state index contributed by atoms with van der Waals surface area (Å²) in [5.74, 6) is -1.02. The maximum Gasteiger partial charge on any atom is 0.295 e. The Morgan fingerprint density at radius 2 is 1.66 bits per heavy atom. The number of azide groups is 2. The molecule has 2 saturated heterocycles. The van der Waals surface area contributed by atoms with Crippen LogP contribution in [0.4, 0.5) is 10.2 Å². The standard InChI is InChI=1S/C30H42N10O2.C25H25FN6O5/c1-37(25-9-2-7-23-8-4-13-33-30(23)25)21-24-26(22-41)40-27(35-24)10-3-12-29(40)39-19-17-38(18-20-39)16-6-14-32-28(42)11-5-15-34-36-31;26-19-6-7-20(37-15-14-36-13-8-29-30-27)22-21(19)18(16-28-22)23(33)25(35)32-11-9-31(10-12-32)24(34)17-4-2-1-3-5-17/h3-4,8,10,12-13,25,41H,2,5-7,9,11,14-22H2,1H3,(H,32,42);1-7,16,28H,8-15H2/t25-;/m0./s1. The molecule has 24 heteroatoms. The number of anilines is 1. The molecule has 3 amide bonds. The average molecular weight is 1080 g/mol. The maximum atomic E-state index is 14.7. The number of aliphatic hydroxyl groups excluding tert-OH is 1. The molecule has 23 nitrogen and oxygen atoms in total. The highest BCUT2D eigenvalue weighted by Crippen LogP contribution is 2.34. The van der Waals surface area contributed by atoms with Gasteiger partial charge in [0.25, 0.3) is 17.6 Å². The molecule has 2 fully saturated rings. The SMILES string of the molecule is CN(Cc1nc2cccc(N3CCN(CCCNC(=O)CCCN=[N+]=[N-])CC3)n2c1CO)[C@H]1CCCc2cccnc21.[N-]=[N+]=NCCOCCOc1ccc(F)c2c(C(=O)C(=O)N3CCN(C(=O)c4ccccc4)CC3)c[nH]c12. The second kappa shape index (κ2) is 28.5. The molecule has 416 valence electrons. The van der Waals surface area contributed by atoms with E-state index in [1.165, 1.54) is 34.5 Å². The maximum absolute atomic E-state index is 14.7. The van der Waals surface area contributed by atoms with Crippen molar-refractivity contribution in [3.8, 4) is 5.75 Å². The molecule has 2 aromatic carbocycles. The molecule has 79 heavy (non-hydrogen) atoms. The van der Waals surface area contributed by atoms with Crippen molar-refractivity contribution in [3.63, 3.8) is 0 Å². The first-order chi connectivity index (χ1) is 38.6. The number of carbonyl (C=O) groups excluding carboxylic acids is 4. The number of imidazole rings is 1. The van der Waals surface area contributed by atoms with Crippen molar-refractivity contribution in [2.75, 3.05) is 110 Å². The summed E-state index contributed by atoms with van der Waals surface area (Å²) in [5.41, 5.74) is 22.4. The predicted octanol–water partition coefficient (Wildman–Crippen LogP) is 6.63. The van der Waals surface area contributed by atoms with E-state index < -0.39 is 17.5 Å². The molecule has 6 aromatic rings. The second-order valence-corrected chi connectivity index (χ2v) is 19.4. The van der Waals surface area contributed by atoms with Crippen LogP contribution in [0.5, 0.6) is 5.75 Å². The van der Waals surface area contributed by atoms with Crippen LogP contribution < -0.4 is 15.0 Å². The van der Waals surface area contributed by atoms with Crippen LogP contribution in [0.1, 0.15) is 81.5 Å². The number of aliphatic hydroxyl groups is 1. The molecule has 3 aliphatic rings. The van der Waals surface area contributed by atoms with Crippen LogP contribution in [-0.4, -0.2) is 173 Å². The first kappa shape index (κ1) is 57.1. The number of benzene rings is 2. The highest BCUT2D eigenvalue weighted by molar-refractivity contribution is 6.45. The topological polar surface area (TPSA) is 279 Å². The van der Waals surface area contributed by atoms with Crippen molar-refractivity contribution in [2.45, 2.75) is 57.7 Å². The number of halogens is 1. The normalized spacial score (nSPS) is 15.4. The first-order valence-corrected chi connectivity index (χ1v) is 26.8. The van der Waals surface area contributed by atoms with E-state index in [9.17, 15) is 28.7 Å². The second-order valence-electron chi connectivity index (χ2n) is 19.4. The van der Waals surface area contributed by atoms with E-state index >= 15 is 0 Å². The Morgan fingerprint density at radius 3 is 2.43 bits per heavy atom. The number of piperazine rings is 2. The minimum Gasteiger partial charge on any atom is -0.489 e. The Kier molecular flexibility index (Phi) is 20.6. The van der Waals surface area contributed by atoms with Gasteiger partial charge in [0.1, 0.15) is 29.6 Å². The van der Waals surface area contributed by atoms with Crippen LogP contribution in [0.2, 0.25) is 0 Å². The average Bonchev–Trinajstić information content (AvgIpc) is 4.31.